The summed E-state index contributed by atoms with van der Waals surface area (Å²) in [7, 11) is 0. The van der Waals surface area contributed by atoms with Crippen LogP contribution >= 0.6 is 22.9 Å². The number of para-hydroxylation sites is 1. The van der Waals surface area contributed by atoms with Crippen molar-refractivity contribution in [2.45, 2.75) is 32.2 Å². The molecule has 2 aliphatic heterocycles. The quantitative estimate of drug-likeness (QED) is 0.820. The van der Waals surface area contributed by atoms with Gasteiger partial charge in [-0.25, -0.2) is 5.01 Å². The molecule has 4 rings (SSSR count). The standard InChI is InChI=1S/C20H23ClN4OS/c1-14-18(20(26)23-24-11-5-2-6-12-24)22-25(16-9-4-3-8-15(16)21)19(14)17-10-7-13-27-17/h3-4,7-10,13-14,19H,2,5-6,11-12H2,1H3,(H,23,26)/t14-,19-/m0/s1. The molecule has 7 heteroatoms. The summed E-state index contributed by atoms with van der Waals surface area (Å²) in [6.45, 7) is 3.86. The highest BCUT2D eigenvalue weighted by atomic mass is 35.5. The maximum atomic E-state index is 13.0. The highest BCUT2D eigenvalue weighted by Crippen LogP contribution is 2.42. The van der Waals surface area contributed by atoms with Gasteiger partial charge >= 0.3 is 0 Å². The number of anilines is 1. The molecule has 0 aliphatic carbocycles. The Bertz CT molecular complexity index is 832. The summed E-state index contributed by atoms with van der Waals surface area (Å²) in [6.07, 6.45) is 3.46. The van der Waals surface area contributed by atoms with Crippen LogP contribution in [0.5, 0.6) is 0 Å². The zero-order chi connectivity index (χ0) is 18.8. The van der Waals surface area contributed by atoms with Gasteiger partial charge in [0.2, 0.25) is 0 Å². The van der Waals surface area contributed by atoms with Crippen LogP contribution in [0.3, 0.4) is 0 Å². The van der Waals surface area contributed by atoms with Crippen molar-refractivity contribution in [2.24, 2.45) is 11.0 Å². The number of hydrazone groups is 1. The molecule has 1 N–H and O–H groups in total. The molecule has 1 aromatic heterocycles. The van der Waals surface area contributed by atoms with E-state index >= 15 is 0 Å². The van der Waals surface area contributed by atoms with Crippen molar-refractivity contribution in [1.29, 1.82) is 0 Å². The maximum absolute atomic E-state index is 13.0. The average molecular weight is 403 g/mol. The van der Waals surface area contributed by atoms with Gasteiger partial charge in [-0.3, -0.25) is 15.2 Å². The number of halogens is 1. The molecule has 0 bridgehead atoms. The summed E-state index contributed by atoms with van der Waals surface area (Å²) in [6, 6.07) is 11.7. The second kappa shape index (κ2) is 8.00. The minimum Gasteiger partial charge on any atom is -0.284 e. The Balaban J connectivity index is 1.64. The molecule has 3 heterocycles. The fourth-order valence-electron chi connectivity index (χ4n) is 3.76. The Morgan fingerprint density at radius 2 is 1.96 bits per heavy atom. The Morgan fingerprint density at radius 1 is 1.19 bits per heavy atom. The first-order chi connectivity index (χ1) is 13.1. The second-order valence-corrected chi connectivity index (χ2v) is 8.41. The lowest BCUT2D eigenvalue weighted by Crippen LogP contribution is -2.48. The Hall–Kier alpha value is -1.89. The number of nitrogens with zero attached hydrogens (tertiary/aromatic N) is 3. The molecule has 0 saturated carbocycles. The van der Waals surface area contributed by atoms with Crippen LogP contribution in [0.4, 0.5) is 5.69 Å². The number of thiophene rings is 1. The van der Waals surface area contributed by atoms with Gasteiger partial charge in [-0.05, 0) is 36.4 Å². The molecular weight excluding hydrogens is 380 g/mol. The molecule has 1 aromatic carbocycles. The molecule has 1 amide bonds. The molecule has 2 aliphatic rings. The molecule has 1 fully saturated rings. The van der Waals surface area contributed by atoms with Gasteiger partial charge in [-0.15, -0.1) is 11.3 Å². The van der Waals surface area contributed by atoms with E-state index in [1.165, 1.54) is 11.3 Å². The van der Waals surface area contributed by atoms with Gasteiger partial charge in [0.1, 0.15) is 5.71 Å². The second-order valence-electron chi connectivity index (χ2n) is 7.02. The van der Waals surface area contributed by atoms with Crippen LogP contribution < -0.4 is 10.4 Å². The van der Waals surface area contributed by atoms with E-state index in [1.54, 1.807) is 11.3 Å². The zero-order valence-corrected chi connectivity index (χ0v) is 16.8. The van der Waals surface area contributed by atoms with Crippen molar-refractivity contribution in [2.75, 3.05) is 18.1 Å². The number of amides is 1. The minimum absolute atomic E-state index is 0.0352. The van der Waals surface area contributed by atoms with E-state index < -0.39 is 0 Å². The number of piperidine rings is 1. The lowest BCUT2D eigenvalue weighted by atomic mass is 9.95. The highest BCUT2D eigenvalue weighted by Gasteiger charge is 2.40. The normalized spacial score (nSPS) is 23.3. The summed E-state index contributed by atoms with van der Waals surface area (Å²) in [4.78, 5) is 14.1. The van der Waals surface area contributed by atoms with E-state index in [0.717, 1.165) is 31.6 Å². The van der Waals surface area contributed by atoms with Crippen LogP contribution in [-0.4, -0.2) is 29.7 Å². The predicted octanol–water partition coefficient (Wildman–Crippen LogP) is 4.47. The summed E-state index contributed by atoms with van der Waals surface area (Å²) in [5.74, 6) is -0.148. The van der Waals surface area contributed by atoms with E-state index in [9.17, 15) is 4.79 Å². The number of hydrogen-bond donors (Lipinski definition) is 1. The fraction of sp³-hybridized carbons (Fsp3) is 0.400. The zero-order valence-electron chi connectivity index (χ0n) is 15.3. The van der Waals surface area contributed by atoms with Crippen LogP contribution in [0.15, 0.2) is 46.9 Å². The first-order valence-electron chi connectivity index (χ1n) is 9.37. The molecule has 142 valence electrons. The molecule has 5 nitrogen and oxygen atoms in total. The number of rotatable bonds is 4. The third-order valence-corrected chi connectivity index (χ3v) is 6.43. The van der Waals surface area contributed by atoms with E-state index in [1.807, 2.05) is 40.3 Å². The topological polar surface area (TPSA) is 47.9 Å². The number of benzene rings is 1. The van der Waals surface area contributed by atoms with Gasteiger partial charge in [-0.2, -0.15) is 5.10 Å². The summed E-state index contributed by atoms with van der Waals surface area (Å²) in [5, 5.41) is 11.3. The lowest BCUT2D eigenvalue weighted by molar-refractivity contribution is -0.120. The third kappa shape index (κ3) is 3.74. The highest BCUT2D eigenvalue weighted by molar-refractivity contribution is 7.10. The van der Waals surface area contributed by atoms with Gasteiger partial charge in [0.05, 0.1) is 16.8 Å². The number of hydrogen-bond acceptors (Lipinski definition) is 5. The van der Waals surface area contributed by atoms with Crippen molar-refractivity contribution in [3.05, 3.63) is 51.7 Å². The van der Waals surface area contributed by atoms with E-state index in [2.05, 4.69) is 23.8 Å². The molecule has 0 spiro atoms. The number of nitrogens with one attached hydrogen (secondary N) is 1. The van der Waals surface area contributed by atoms with Gasteiger partial charge in [0, 0.05) is 23.9 Å². The predicted molar refractivity (Wildman–Crippen MR) is 111 cm³/mol. The van der Waals surface area contributed by atoms with Crippen LogP contribution in [0.1, 0.15) is 37.1 Å². The van der Waals surface area contributed by atoms with Crippen LogP contribution in [0.2, 0.25) is 5.02 Å². The average Bonchev–Trinajstić information content (AvgIpc) is 3.30. The molecule has 0 radical (unpaired) electrons. The van der Waals surface area contributed by atoms with Gasteiger partial charge in [0.15, 0.2) is 0 Å². The smallest absolute Gasteiger partial charge is 0.282 e. The van der Waals surface area contributed by atoms with Crippen LogP contribution in [0.25, 0.3) is 0 Å². The largest absolute Gasteiger partial charge is 0.284 e. The molecular formula is C20H23ClN4OS. The van der Waals surface area contributed by atoms with Crippen molar-refractivity contribution in [3.8, 4) is 0 Å². The van der Waals surface area contributed by atoms with Gasteiger partial charge in [-0.1, -0.05) is 43.1 Å². The molecule has 1 saturated heterocycles. The summed E-state index contributed by atoms with van der Waals surface area (Å²) >= 11 is 8.12. The van der Waals surface area contributed by atoms with Crippen molar-refractivity contribution in [3.63, 3.8) is 0 Å². The summed E-state index contributed by atoms with van der Waals surface area (Å²) in [5.41, 5.74) is 4.43. The van der Waals surface area contributed by atoms with Crippen molar-refractivity contribution >= 4 is 40.2 Å². The van der Waals surface area contributed by atoms with Gasteiger partial charge < -0.3 is 0 Å². The lowest BCUT2D eigenvalue weighted by Gasteiger charge is -2.27. The molecule has 2 aromatic rings. The Morgan fingerprint density at radius 3 is 2.67 bits per heavy atom. The van der Waals surface area contributed by atoms with E-state index in [-0.39, 0.29) is 17.9 Å². The van der Waals surface area contributed by atoms with E-state index in [4.69, 9.17) is 16.7 Å². The fourth-order valence-corrected chi connectivity index (χ4v) is 4.89. The first kappa shape index (κ1) is 18.5. The third-order valence-electron chi connectivity index (χ3n) is 5.17. The molecule has 2 atom stereocenters. The number of hydrazine groups is 1. The maximum Gasteiger partial charge on any atom is 0.282 e. The van der Waals surface area contributed by atoms with Crippen LogP contribution in [0, 0.1) is 5.92 Å². The molecule has 0 unspecified atom stereocenters. The van der Waals surface area contributed by atoms with Gasteiger partial charge in [0.25, 0.3) is 5.91 Å². The van der Waals surface area contributed by atoms with Crippen molar-refractivity contribution in [1.82, 2.24) is 10.4 Å². The Kier molecular flexibility index (Phi) is 5.48. The first-order valence-corrected chi connectivity index (χ1v) is 10.6. The monoisotopic (exact) mass is 402 g/mol. The molecule has 27 heavy (non-hydrogen) atoms. The number of carbonyl (C=O) groups excluding carboxylic acids is 1. The summed E-state index contributed by atoms with van der Waals surface area (Å²) < 4.78 is 0. The van der Waals surface area contributed by atoms with Crippen LogP contribution in [-0.2, 0) is 4.79 Å². The Labute approximate surface area is 168 Å². The van der Waals surface area contributed by atoms with Crippen molar-refractivity contribution < 1.29 is 4.79 Å². The number of carbonyl (C=O) groups is 1. The van der Waals surface area contributed by atoms with E-state index in [0.29, 0.717) is 10.7 Å². The SMILES string of the molecule is C[C@H]1C(C(=O)NN2CCCCC2)=NN(c2ccccc2Cl)[C@@H]1c1cccs1. The minimum atomic E-state index is -0.111.